The van der Waals surface area contributed by atoms with Crippen LogP contribution < -0.4 is 10.9 Å². The summed E-state index contributed by atoms with van der Waals surface area (Å²) in [7, 11) is 0. The Kier molecular flexibility index (Phi) is 5.78. The SMILES string of the molecule is Cc1ccc([C@@H](C)NC(=O)c2cc3c(n(-c4ccc(F)cc4)c2=O)CCCC3=O)cc1C. The molecule has 0 unspecified atom stereocenters. The normalized spacial score (nSPS) is 14.1. The molecule has 4 rings (SSSR count). The fourth-order valence-corrected chi connectivity index (χ4v) is 4.11. The summed E-state index contributed by atoms with van der Waals surface area (Å²) in [6.45, 7) is 5.87. The Morgan fingerprint density at radius 2 is 1.72 bits per heavy atom. The number of nitrogens with zero attached hydrogens (tertiary/aromatic N) is 1. The quantitative estimate of drug-likeness (QED) is 0.655. The zero-order valence-electron chi connectivity index (χ0n) is 18.4. The van der Waals surface area contributed by atoms with Crippen molar-refractivity contribution in [1.29, 1.82) is 0 Å². The largest absolute Gasteiger partial charge is 0.345 e. The van der Waals surface area contributed by atoms with Crippen LogP contribution in [0.1, 0.15) is 68.9 Å². The molecule has 6 heteroatoms. The van der Waals surface area contributed by atoms with Gasteiger partial charge in [0.15, 0.2) is 5.78 Å². The van der Waals surface area contributed by atoms with E-state index >= 15 is 0 Å². The van der Waals surface area contributed by atoms with Gasteiger partial charge in [-0.25, -0.2) is 4.39 Å². The van der Waals surface area contributed by atoms with Gasteiger partial charge in [0.25, 0.3) is 11.5 Å². The van der Waals surface area contributed by atoms with Crippen molar-refractivity contribution in [3.63, 3.8) is 0 Å². The van der Waals surface area contributed by atoms with Crippen molar-refractivity contribution in [2.45, 2.75) is 46.1 Å². The number of benzene rings is 2. The third kappa shape index (κ3) is 4.00. The molecular formula is C26H25FN2O3. The van der Waals surface area contributed by atoms with Crippen LogP contribution in [-0.2, 0) is 6.42 Å². The van der Waals surface area contributed by atoms with E-state index in [0.717, 1.165) is 16.7 Å². The molecule has 0 aliphatic heterocycles. The molecule has 1 N–H and O–H groups in total. The molecule has 1 aliphatic carbocycles. The van der Waals surface area contributed by atoms with Crippen LogP contribution in [0.15, 0.2) is 53.3 Å². The van der Waals surface area contributed by atoms with Crippen LogP contribution in [-0.4, -0.2) is 16.3 Å². The van der Waals surface area contributed by atoms with Crippen molar-refractivity contribution < 1.29 is 14.0 Å². The number of nitrogens with one attached hydrogen (secondary N) is 1. The number of fused-ring (bicyclic) bond motifs is 1. The molecule has 0 saturated carbocycles. The maximum absolute atomic E-state index is 13.5. The summed E-state index contributed by atoms with van der Waals surface area (Å²) in [4.78, 5) is 39.1. The van der Waals surface area contributed by atoms with E-state index in [9.17, 15) is 18.8 Å². The van der Waals surface area contributed by atoms with E-state index in [0.29, 0.717) is 36.2 Å². The molecule has 0 fully saturated rings. The number of amides is 1. The topological polar surface area (TPSA) is 68.2 Å². The van der Waals surface area contributed by atoms with Gasteiger partial charge >= 0.3 is 0 Å². The Bertz CT molecular complexity index is 1280. The molecule has 1 atom stereocenters. The highest BCUT2D eigenvalue weighted by Crippen LogP contribution is 2.24. The first-order valence-electron chi connectivity index (χ1n) is 10.7. The molecule has 2 aromatic carbocycles. The maximum atomic E-state index is 13.5. The van der Waals surface area contributed by atoms with Gasteiger partial charge in [0.05, 0.1) is 6.04 Å². The first kappa shape index (κ1) is 21.7. The zero-order chi connectivity index (χ0) is 23.0. The van der Waals surface area contributed by atoms with Gasteiger partial charge in [0.1, 0.15) is 11.4 Å². The van der Waals surface area contributed by atoms with E-state index in [1.807, 2.05) is 39.0 Å². The number of carbonyl (C=O) groups excluding carboxylic acids is 2. The molecular weight excluding hydrogens is 407 g/mol. The van der Waals surface area contributed by atoms with E-state index in [1.165, 1.54) is 34.9 Å². The van der Waals surface area contributed by atoms with Gasteiger partial charge in [-0.2, -0.15) is 0 Å². The van der Waals surface area contributed by atoms with Gasteiger partial charge in [-0.05, 0) is 80.6 Å². The molecule has 0 saturated heterocycles. The second-order valence-corrected chi connectivity index (χ2v) is 8.35. The highest BCUT2D eigenvalue weighted by Gasteiger charge is 2.26. The molecule has 0 spiro atoms. The maximum Gasteiger partial charge on any atom is 0.268 e. The summed E-state index contributed by atoms with van der Waals surface area (Å²) in [5.74, 6) is -1.07. The monoisotopic (exact) mass is 432 g/mol. The van der Waals surface area contributed by atoms with E-state index in [2.05, 4.69) is 5.32 Å². The molecule has 3 aromatic rings. The van der Waals surface area contributed by atoms with E-state index in [1.54, 1.807) is 0 Å². The molecule has 1 heterocycles. The number of aromatic nitrogens is 1. The molecule has 0 radical (unpaired) electrons. The number of halogens is 1. The fourth-order valence-electron chi connectivity index (χ4n) is 4.11. The number of pyridine rings is 1. The Labute approximate surface area is 185 Å². The molecule has 32 heavy (non-hydrogen) atoms. The van der Waals surface area contributed by atoms with Gasteiger partial charge in [-0.1, -0.05) is 18.2 Å². The summed E-state index contributed by atoms with van der Waals surface area (Å²) >= 11 is 0. The first-order chi connectivity index (χ1) is 15.3. The number of hydrogen-bond acceptors (Lipinski definition) is 3. The Balaban J connectivity index is 1.77. The van der Waals surface area contributed by atoms with Crippen LogP contribution in [0.2, 0.25) is 0 Å². The lowest BCUT2D eigenvalue weighted by molar-refractivity contribution is 0.0938. The minimum absolute atomic E-state index is 0.0981. The van der Waals surface area contributed by atoms with Crippen LogP contribution in [0.25, 0.3) is 5.69 Å². The fraction of sp³-hybridized carbons (Fsp3) is 0.269. The lowest BCUT2D eigenvalue weighted by Crippen LogP contribution is -2.37. The summed E-state index contributed by atoms with van der Waals surface area (Å²) in [6, 6.07) is 12.5. The summed E-state index contributed by atoms with van der Waals surface area (Å²) in [6.07, 6.45) is 1.53. The number of carbonyl (C=O) groups is 2. The van der Waals surface area contributed by atoms with Crippen molar-refractivity contribution >= 4 is 11.7 Å². The van der Waals surface area contributed by atoms with Crippen molar-refractivity contribution in [2.24, 2.45) is 0 Å². The summed E-state index contributed by atoms with van der Waals surface area (Å²) in [5, 5.41) is 2.89. The predicted molar refractivity (Wildman–Crippen MR) is 121 cm³/mol. The Hall–Kier alpha value is -3.54. The van der Waals surface area contributed by atoms with Crippen LogP contribution in [0.4, 0.5) is 4.39 Å². The van der Waals surface area contributed by atoms with Crippen molar-refractivity contribution in [1.82, 2.24) is 9.88 Å². The van der Waals surface area contributed by atoms with Crippen molar-refractivity contribution in [3.8, 4) is 5.69 Å². The summed E-state index contributed by atoms with van der Waals surface area (Å²) < 4.78 is 14.8. The average Bonchev–Trinajstić information content (AvgIpc) is 2.76. The Morgan fingerprint density at radius 3 is 2.41 bits per heavy atom. The standard InChI is InChI=1S/C26H25FN2O3/c1-15-7-8-18(13-16(15)2)17(3)28-25(31)22-14-21-23(5-4-6-24(21)30)29(26(22)32)20-11-9-19(27)10-12-20/h7-14,17H,4-6H2,1-3H3,(H,28,31)/t17-/m1/s1. The molecule has 1 aliphatic rings. The summed E-state index contributed by atoms with van der Waals surface area (Å²) in [5.41, 5.74) is 3.95. The van der Waals surface area contributed by atoms with Crippen LogP contribution in [0.5, 0.6) is 0 Å². The third-order valence-corrected chi connectivity index (χ3v) is 6.13. The van der Waals surface area contributed by atoms with Crippen molar-refractivity contribution in [3.05, 3.63) is 98.2 Å². The first-order valence-corrected chi connectivity index (χ1v) is 10.7. The van der Waals surface area contributed by atoms with Gasteiger partial charge in [0.2, 0.25) is 0 Å². The lowest BCUT2D eigenvalue weighted by Gasteiger charge is -2.22. The number of hydrogen-bond donors (Lipinski definition) is 1. The molecule has 5 nitrogen and oxygen atoms in total. The van der Waals surface area contributed by atoms with Crippen LogP contribution >= 0.6 is 0 Å². The highest BCUT2D eigenvalue weighted by atomic mass is 19.1. The number of Topliss-reactive ketones (excluding diaryl/α,β-unsaturated/α-hetero) is 1. The molecule has 0 bridgehead atoms. The third-order valence-electron chi connectivity index (χ3n) is 6.13. The minimum Gasteiger partial charge on any atom is -0.345 e. The van der Waals surface area contributed by atoms with Crippen LogP contribution in [0.3, 0.4) is 0 Å². The van der Waals surface area contributed by atoms with Gasteiger partial charge in [-0.15, -0.1) is 0 Å². The number of ketones is 1. The second kappa shape index (κ2) is 8.54. The number of aryl methyl sites for hydroxylation is 2. The zero-order valence-corrected chi connectivity index (χ0v) is 18.4. The van der Waals surface area contributed by atoms with Gasteiger partial charge in [-0.3, -0.25) is 19.0 Å². The van der Waals surface area contributed by atoms with E-state index in [4.69, 9.17) is 0 Å². The molecule has 1 aromatic heterocycles. The van der Waals surface area contributed by atoms with E-state index in [-0.39, 0.29) is 17.4 Å². The lowest BCUT2D eigenvalue weighted by atomic mass is 9.92. The smallest absolute Gasteiger partial charge is 0.268 e. The molecule has 1 amide bonds. The molecule has 164 valence electrons. The number of rotatable bonds is 4. The average molecular weight is 432 g/mol. The van der Waals surface area contributed by atoms with Crippen LogP contribution in [0, 0.1) is 19.7 Å². The minimum atomic E-state index is -0.544. The van der Waals surface area contributed by atoms with E-state index < -0.39 is 17.3 Å². The van der Waals surface area contributed by atoms with Crippen molar-refractivity contribution in [2.75, 3.05) is 0 Å². The van der Waals surface area contributed by atoms with Gasteiger partial charge in [0, 0.05) is 23.4 Å². The predicted octanol–water partition coefficient (Wildman–Crippen LogP) is 4.60. The second-order valence-electron chi connectivity index (χ2n) is 8.35. The highest BCUT2D eigenvalue weighted by molar-refractivity contribution is 6.02. The van der Waals surface area contributed by atoms with Gasteiger partial charge < -0.3 is 5.32 Å². The Morgan fingerprint density at radius 1 is 1.00 bits per heavy atom.